The summed E-state index contributed by atoms with van der Waals surface area (Å²) in [7, 11) is 1.62. The van der Waals surface area contributed by atoms with Gasteiger partial charge in [-0.15, -0.1) is 5.10 Å². The van der Waals surface area contributed by atoms with Gasteiger partial charge in [-0.3, -0.25) is 14.3 Å². The Hall–Kier alpha value is -2.37. The maximum Gasteiger partial charge on any atom is 0.192 e. The first-order valence-corrected chi connectivity index (χ1v) is 5.24. The third-order valence-corrected chi connectivity index (χ3v) is 2.36. The molecule has 0 aliphatic rings. The van der Waals surface area contributed by atoms with Gasteiger partial charge in [0.2, 0.25) is 0 Å². The number of nitrogens with zero attached hydrogens (tertiary/aromatic N) is 3. The lowest BCUT2D eigenvalue weighted by Gasteiger charge is -1.99. The normalized spacial score (nSPS) is 10.3. The van der Waals surface area contributed by atoms with Gasteiger partial charge in [0.25, 0.3) is 0 Å². The molecule has 1 aromatic heterocycles. The van der Waals surface area contributed by atoms with E-state index in [0.29, 0.717) is 0 Å². The molecule has 6 heteroatoms. The van der Waals surface area contributed by atoms with Crippen LogP contribution < -0.4 is 0 Å². The number of carbonyl (C=O) groups excluding carboxylic acids is 2. The first kappa shape index (κ1) is 12.1. The van der Waals surface area contributed by atoms with Crippen molar-refractivity contribution in [3.63, 3.8) is 0 Å². The molecule has 0 atom stereocenters. The summed E-state index contributed by atoms with van der Waals surface area (Å²) in [6.45, 7) is 0. The van der Waals surface area contributed by atoms with Crippen molar-refractivity contribution in [1.82, 2.24) is 15.0 Å². The Morgan fingerprint density at radius 3 is 2.72 bits per heavy atom. The van der Waals surface area contributed by atoms with Gasteiger partial charge in [0.1, 0.15) is 11.5 Å². The first-order valence-electron chi connectivity index (χ1n) is 5.24. The number of aryl methyl sites for hydroxylation is 1. The van der Waals surface area contributed by atoms with Gasteiger partial charge in [-0.05, 0) is 12.1 Å². The third kappa shape index (κ3) is 2.65. The Morgan fingerprint density at radius 1 is 1.33 bits per heavy atom. The number of ketones is 2. The van der Waals surface area contributed by atoms with Crippen molar-refractivity contribution in [1.29, 1.82) is 0 Å². The number of halogens is 1. The van der Waals surface area contributed by atoms with Crippen LogP contribution in [0, 0.1) is 5.82 Å². The monoisotopic (exact) mass is 247 g/mol. The summed E-state index contributed by atoms with van der Waals surface area (Å²) in [6.07, 6.45) is 1.09. The summed E-state index contributed by atoms with van der Waals surface area (Å²) >= 11 is 0. The number of rotatable bonds is 4. The molecule has 1 heterocycles. The Labute approximate surface area is 102 Å². The van der Waals surface area contributed by atoms with Crippen molar-refractivity contribution in [2.24, 2.45) is 7.05 Å². The molecule has 1 aromatic carbocycles. The van der Waals surface area contributed by atoms with E-state index < -0.39 is 17.4 Å². The molecule has 0 fully saturated rings. The number of aromatic nitrogens is 3. The van der Waals surface area contributed by atoms with Crippen LogP contribution in [0.1, 0.15) is 27.3 Å². The predicted molar refractivity (Wildman–Crippen MR) is 60.7 cm³/mol. The van der Waals surface area contributed by atoms with E-state index in [9.17, 15) is 14.0 Å². The van der Waals surface area contributed by atoms with Crippen LogP contribution >= 0.6 is 0 Å². The average molecular weight is 247 g/mol. The zero-order valence-electron chi connectivity index (χ0n) is 9.63. The highest BCUT2D eigenvalue weighted by molar-refractivity contribution is 6.12. The fraction of sp³-hybridized carbons (Fsp3) is 0.167. The van der Waals surface area contributed by atoms with E-state index in [-0.39, 0.29) is 17.7 Å². The van der Waals surface area contributed by atoms with Gasteiger partial charge in [-0.25, -0.2) is 4.39 Å². The molecule has 0 radical (unpaired) electrons. The topological polar surface area (TPSA) is 64.8 Å². The van der Waals surface area contributed by atoms with Crippen molar-refractivity contribution in [3.8, 4) is 0 Å². The zero-order chi connectivity index (χ0) is 13.1. The number of hydrogen-bond acceptors (Lipinski definition) is 4. The van der Waals surface area contributed by atoms with Crippen molar-refractivity contribution in [3.05, 3.63) is 47.5 Å². The summed E-state index contributed by atoms with van der Waals surface area (Å²) in [5.41, 5.74) is 0.300. The van der Waals surface area contributed by atoms with Crippen molar-refractivity contribution in [2.75, 3.05) is 0 Å². The van der Waals surface area contributed by atoms with Crippen LogP contribution in [0.2, 0.25) is 0 Å². The van der Waals surface area contributed by atoms with Gasteiger partial charge in [0.05, 0.1) is 12.6 Å². The van der Waals surface area contributed by atoms with E-state index in [0.717, 1.165) is 6.07 Å². The molecule has 0 unspecified atom stereocenters. The predicted octanol–water partition coefficient (Wildman–Crippen LogP) is 1.41. The molecule has 0 aliphatic heterocycles. The van der Waals surface area contributed by atoms with Crippen LogP contribution in [0.4, 0.5) is 4.39 Å². The molecule has 0 N–H and O–H groups in total. The summed E-state index contributed by atoms with van der Waals surface area (Å²) in [4.78, 5) is 23.4. The van der Waals surface area contributed by atoms with Crippen LogP contribution in [0.15, 0.2) is 30.5 Å². The summed E-state index contributed by atoms with van der Waals surface area (Å²) < 4.78 is 14.3. The molecule has 0 amide bonds. The van der Waals surface area contributed by atoms with Crippen molar-refractivity contribution < 1.29 is 14.0 Å². The van der Waals surface area contributed by atoms with Crippen LogP contribution in [0.3, 0.4) is 0 Å². The van der Waals surface area contributed by atoms with E-state index in [4.69, 9.17) is 0 Å². The lowest BCUT2D eigenvalue weighted by molar-refractivity contribution is 0.0891. The highest BCUT2D eigenvalue weighted by Gasteiger charge is 2.16. The molecule has 0 bridgehead atoms. The second-order valence-corrected chi connectivity index (χ2v) is 3.81. The maximum atomic E-state index is 12.9. The number of carbonyl (C=O) groups is 2. The van der Waals surface area contributed by atoms with Crippen molar-refractivity contribution >= 4 is 11.6 Å². The lowest BCUT2D eigenvalue weighted by Crippen LogP contribution is -2.09. The second kappa shape index (κ2) is 4.87. The van der Waals surface area contributed by atoms with Gasteiger partial charge < -0.3 is 0 Å². The number of hydrogen-bond donors (Lipinski definition) is 0. The molecular weight excluding hydrogens is 237 g/mol. The molecule has 2 aromatic rings. The SMILES string of the molecule is Cn1cc(C(=O)CC(=O)c2cccc(F)c2)nn1. The van der Waals surface area contributed by atoms with Crippen LogP contribution in [-0.2, 0) is 7.05 Å². The Balaban J connectivity index is 2.10. The van der Waals surface area contributed by atoms with E-state index in [2.05, 4.69) is 10.3 Å². The standard InChI is InChI=1S/C12H10FN3O2/c1-16-7-10(14-15-16)12(18)6-11(17)8-3-2-4-9(13)5-8/h2-5,7H,6H2,1H3. The molecule has 0 spiro atoms. The fourth-order valence-electron chi connectivity index (χ4n) is 1.48. The maximum absolute atomic E-state index is 12.9. The molecule has 0 saturated heterocycles. The summed E-state index contributed by atoms with van der Waals surface area (Å²) in [5, 5.41) is 7.22. The molecule has 0 aliphatic carbocycles. The Bertz CT molecular complexity index is 607. The minimum atomic E-state index is -0.507. The Morgan fingerprint density at radius 2 is 2.11 bits per heavy atom. The molecular formula is C12H10FN3O2. The lowest BCUT2D eigenvalue weighted by atomic mass is 10.0. The van der Waals surface area contributed by atoms with Crippen LogP contribution in [0.25, 0.3) is 0 Å². The molecule has 0 saturated carbocycles. The first-order chi connectivity index (χ1) is 8.56. The van der Waals surface area contributed by atoms with E-state index in [1.165, 1.54) is 29.1 Å². The van der Waals surface area contributed by atoms with E-state index in [1.807, 2.05) is 0 Å². The minimum Gasteiger partial charge on any atom is -0.294 e. The van der Waals surface area contributed by atoms with Gasteiger partial charge in [-0.2, -0.15) is 0 Å². The summed E-state index contributed by atoms with van der Waals surface area (Å²) in [6, 6.07) is 5.23. The third-order valence-electron chi connectivity index (χ3n) is 2.36. The van der Waals surface area contributed by atoms with Gasteiger partial charge in [0, 0.05) is 12.6 Å². The molecule has 18 heavy (non-hydrogen) atoms. The molecule has 92 valence electrons. The summed E-state index contributed by atoms with van der Waals surface area (Å²) in [5.74, 6) is -1.38. The minimum absolute atomic E-state index is 0.127. The highest BCUT2D eigenvalue weighted by Crippen LogP contribution is 2.08. The van der Waals surface area contributed by atoms with Gasteiger partial charge in [-0.1, -0.05) is 17.3 Å². The number of benzene rings is 1. The van der Waals surface area contributed by atoms with Crippen LogP contribution in [-0.4, -0.2) is 26.6 Å². The zero-order valence-corrected chi connectivity index (χ0v) is 9.63. The number of Topliss-reactive ketones (excluding diaryl/α,β-unsaturated/α-hetero) is 2. The largest absolute Gasteiger partial charge is 0.294 e. The highest BCUT2D eigenvalue weighted by atomic mass is 19.1. The van der Waals surface area contributed by atoms with E-state index in [1.54, 1.807) is 7.05 Å². The fourth-order valence-corrected chi connectivity index (χ4v) is 1.48. The molecule has 2 rings (SSSR count). The van der Waals surface area contributed by atoms with Crippen molar-refractivity contribution in [2.45, 2.75) is 6.42 Å². The second-order valence-electron chi connectivity index (χ2n) is 3.81. The van der Waals surface area contributed by atoms with Gasteiger partial charge in [0.15, 0.2) is 11.6 Å². The average Bonchev–Trinajstić information content (AvgIpc) is 2.76. The van der Waals surface area contributed by atoms with Gasteiger partial charge >= 0.3 is 0 Å². The van der Waals surface area contributed by atoms with E-state index >= 15 is 0 Å². The van der Waals surface area contributed by atoms with Crippen LogP contribution in [0.5, 0.6) is 0 Å². The Kier molecular flexibility index (Phi) is 3.27. The quantitative estimate of drug-likeness (QED) is 0.605. The molecule has 5 nitrogen and oxygen atoms in total. The smallest absolute Gasteiger partial charge is 0.192 e.